The fraction of sp³-hybridized carbons (Fsp3) is 0.583. The molecule has 0 aliphatic heterocycles. The van der Waals surface area contributed by atoms with Crippen LogP contribution in [0.25, 0.3) is 0 Å². The summed E-state index contributed by atoms with van der Waals surface area (Å²) in [6.45, 7) is 0.516. The minimum Gasteiger partial charge on any atom is -0.244 e. The van der Waals surface area contributed by atoms with Crippen molar-refractivity contribution in [3.8, 4) is 0 Å². The highest BCUT2D eigenvalue weighted by Gasteiger charge is 2.19. The number of hydrogen-bond acceptors (Lipinski definition) is 3. The van der Waals surface area contributed by atoms with Crippen molar-refractivity contribution in [2.75, 3.05) is 6.54 Å². The number of nitrogens with one attached hydrogen (secondary N) is 1. The molecule has 0 spiro atoms. The molecular weight excluding hydrogens is 272 g/mol. The average Bonchev–Trinajstić information content (AvgIpc) is 2.38. The summed E-state index contributed by atoms with van der Waals surface area (Å²) in [6, 6.07) is 2.82. The Balaban J connectivity index is 1.98. The minimum atomic E-state index is -3.46. The quantitative estimate of drug-likeness (QED) is 0.867. The van der Waals surface area contributed by atoms with E-state index < -0.39 is 10.0 Å². The number of nitrogens with zero attached hydrogens (tertiary/aromatic N) is 1. The summed E-state index contributed by atoms with van der Waals surface area (Å²) < 4.78 is 26.7. The van der Waals surface area contributed by atoms with Gasteiger partial charge >= 0.3 is 0 Å². The van der Waals surface area contributed by atoms with Gasteiger partial charge < -0.3 is 0 Å². The van der Waals surface area contributed by atoms with Crippen LogP contribution < -0.4 is 4.72 Å². The number of rotatable bonds is 4. The second-order valence-electron chi connectivity index (χ2n) is 4.67. The van der Waals surface area contributed by atoms with Crippen molar-refractivity contribution in [1.82, 2.24) is 9.71 Å². The van der Waals surface area contributed by atoms with Gasteiger partial charge in [-0.2, -0.15) is 0 Å². The maximum atomic E-state index is 12.0. The lowest BCUT2D eigenvalue weighted by molar-refractivity contribution is 0.357. The Kier molecular flexibility index (Phi) is 4.59. The first-order valence-electron chi connectivity index (χ1n) is 6.19. The molecule has 4 nitrogen and oxygen atoms in total. The topological polar surface area (TPSA) is 59.1 Å². The van der Waals surface area contributed by atoms with Crippen molar-refractivity contribution >= 4 is 21.6 Å². The molecule has 1 aromatic rings. The van der Waals surface area contributed by atoms with E-state index in [2.05, 4.69) is 9.71 Å². The lowest BCUT2D eigenvalue weighted by Gasteiger charge is -2.21. The molecular formula is C12H17ClN2O2S. The van der Waals surface area contributed by atoms with Gasteiger partial charge in [0.05, 0.1) is 4.90 Å². The van der Waals surface area contributed by atoms with Gasteiger partial charge in [0.2, 0.25) is 10.0 Å². The van der Waals surface area contributed by atoms with Gasteiger partial charge in [0, 0.05) is 12.7 Å². The Hall–Kier alpha value is -0.650. The SMILES string of the molecule is O=S(=O)(NCC1CCCCC1)c1ccnc(Cl)c1. The van der Waals surface area contributed by atoms with Gasteiger partial charge in [-0.05, 0) is 30.9 Å². The third-order valence-electron chi connectivity index (χ3n) is 3.30. The molecule has 0 amide bonds. The normalized spacial score (nSPS) is 17.8. The fourth-order valence-electron chi connectivity index (χ4n) is 2.25. The number of pyridine rings is 1. The lowest BCUT2D eigenvalue weighted by atomic mass is 9.90. The Bertz CT molecular complexity index is 499. The molecule has 1 aliphatic rings. The molecule has 1 N–H and O–H groups in total. The van der Waals surface area contributed by atoms with Crippen LogP contribution in [0.1, 0.15) is 32.1 Å². The van der Waals surface area contributed by atoms with Crippen molar-refractivity contribution < 1.29 is 8.42 Å². The molecule has 2 rings (SSSR count). The van der Waals surface area contributed by atoms with E-state index in [-0.39, 0.29) is 10.0 Å². The highest BCUT2D eigenvalue weighted by molar-refractivity contribution is 7.89. The summed E-state index contributed by atoms with van der Waals surface area (Å²) in [4.78, 5) is 3.96. The number of hydrogen-bond donors (Lipinski definition) is 1. The zero-order valence-electron chi connectivity index (χ0n) is 10.1. The number of halogens is 1. The van der Waals surface area contributed by atoms with Crippen LogP contribution in [0.15, 0.2) is 23.2 Å². The van der Waals surface area contributed by atoms with E-state index in [4.69, 9.17) is 11.6 Å². The molecule has 0 bridgehead atoms. The Morgan fingerprint density at radius 3 is 2.72 bits per heavy atom. The van der Waals surface area contributed by atoms with Crippen LogP contribution in [-0.2, 0) is 10.0 Å². The van der Waals surface area contributed by atoms with Crippen LogP contribution in [0.2, 0.25) is 5.15 Å². The Morgan fingerprint density at radius 2 is 2.06 bits per heavy atom. The van der Waals surface area contributed by atoms with Crippen LogP contribution in [0, 0.1) is 5.92 Å². The maximum Gasteiger partial charge on any atom is 0.240 e. The summed E-state index contributed by atoms with van der Waals surface area (Å²) in [7, 11) is -3.46. The van der Waals surface area contributed by atoms with Gasteiger partial charge in [-0.25, -0.2) is 18.1 Å². The Morgan fingerprint density at radius 1 is 1.33 bits per heavy atom. The summed E-state index contributed by atoms with van der Waals surface area (Å²) in [5.74, 6) is 0.464. The first-order chi connectivity index (χ1) is 8.58. The monoisotopic (exact) mass is 288 g/mol. The van der Waals surface area contributed by atoms with Crippen LogP contribution in [0.3, 0.4) is 0 Å². The molecule has 100 valence electrons. The standard InChI is InChI=1S/C12H17ClN2O2S/c13-12-8-11(6-7-14-12)18(16,17)15-9-10-4-2-1-3-5-10/h6-8,10,15H,1-5,9H2. The predicted molar refractivity (Wildman–Crippen MR) is 71.0 cm³/mol. The van der Waals surface area contributed by atoms with Gasteiger partial charge in [-0.1, -0.05) is 30.9 Å². The second-order valence-corrected chi connectivity index (χ2v) is 6.82. The lowest BCUT2D eigenvalue weighted by Crippen LogP contribution is -2.30. The molecule has 6 heteroatoms. The van der Waals surface area contributed by atoms with Crippen molar-refractivity contribution in [1.29, 1.82) is 0 Å². The van der Waals surface area contributed by atoms with Crippen molar-refractivity contribution in [2.45, 2.75) is 37.0 Å². The predicted octanol–water partition coefficient (Wildman–Crippen LogP) is 2.59. The average molecular weight is 289 g/mol. The van der Waals surface area contributed by atoms with Gasteiger partial charge in [0.1, 0.15) is 5.15 Å². The van der Waals surface area contributed by atoms with E-state index in [1.807, 2.05) is 0 Å². The molecule has 0 aromatic carbocycles. The molecule has 1 saturated carbocycles. The van der Waals surface area contributed by atoms with E-state index in [0.29, 0.717) is 12.5 Å². The molecule has 0 unspecified atom stereocenters. The van der Waals surface area contributed by atoms with Crippen LogP contribution in [0.4, 0.5) is 0 Å². The minimum absolute atomic E-state index is 0.179. The molecule has 0 atom stereocenters. The second kappa shape index (κ2) is 5.99. The maximum absolute atomic E-state index is 12.0. The van der Waals surface area contributed by atoms with Crippen LogP contribution in [0.5, 0.6) is 0 Å². The van der Waals surface area contributed by atoms with Crippen LogP contribution >= 0.6 is 11.6 Å². The molecule has 1 aromatic heterocycles. The van der Waals surface area contributed by atoms with Gasteiger partial charge in [0.15, 0.2) is 0 Å². The first kappa shape index (κ1) is 13.8. The number of aromatic nitrogens is 1. The van der Waals surface area contributed by atoms with Gasteiger partial charge in [-0.15, -0.1) is 0 Å². The largest absolute Gasteiger partial charge is 0.244 e. The van der Waals surface area contributed by atoms with Crippen molar-refractivity contribution in [3.05, 3.63) is 23.5 Å². The summed E-state index contributed by atoms with van der Waals surface area (Å²) in [5, 5.41) is 0.190. The summed E-state index contributed by atoms with van der Waals surface area (Å²) in [5.41, 5.74) is 0. The molecule has 1 aliphatic carbocycles. The first-order valence-corrected chi connectivity index (χ1v) is 8.05. The van der Waals surface area contributed by atoms with Crippen LogP contribution in [-0.4, -0.2) is 19.9 Å². The van der Waals surface area contributed by atoms with E-state index in [9.17, 15) is 8.42 Å². The molecule has 0 radical (unpaired) electrons. The van der Waals surface area contributed by atoms with E-state index in [1.54, 1.807) is 0 Å². The highest BCUT2D eigenvalue weighted by atomic mass is 35.5. The van der Waals surface area contributed by atoms with E-state index in [1.165, 1.54) is 37.6 Å². The molecule has 1 heterocycles. The smallest absolute Gasteiger partial charge is 0.240 e. The van der Waals surface area contributed by atoms with E-state index >= 15 is 0 Å². The third kappa shape index (κ3) is 3.67. The van der Waals surface area contributed by atoms with Crippen molar-refractivity contribution in [2.24, 2.45) is 5.92 Å². The molecule has 18 heavy (non-hydrogen) atoms. The summed E-state index contributed by atoms with van der Waals surface area (Å²) in [6.07, 6.45) is 7.29. The van der Waals surface area contributed by atoms with Crippen molar-refractivity contribution in [3.63, 3.8) is 0 Å². The fourth-order valence-corrected chi connectivity index (χ4v) is 3.62. The zero-order valence-corrected chi connectivity index (χ0v) is 11.7. The number of sulfonamides is 1. The third-order valence-corrected chi connectivity index (χ3v) is 4.92. The summed E-state index contributed by atoms with van der Waals surface area (Å²) >= 11 is 5.70. The molecule has 0 saturated heterocycles. The van der Waals surface area contributed by atoms with E-state index in [0.717, 1.165) is 12.8 Å². The molecule has 1 fully saturated rings. The highest BCUT2D eigenvalue weighted by Crippen LogP contribution is 2.23. The zero-order chi connectivity index (χ0) is 13.0. The Labute approximate surface area is 113 Å². The van der Waals surface area contributed by atoms with Gasteiger partial charge in [0.25, 0.3) is 0 Å². The van der Waals surface area contributed by atoms with Gasteiger partial charge in [-0.3, -0.25) is 0 Å².